The molecule has 0 bridgehead atoms. The molecule has 20 heavy (non-hydrogen) atoms. The molecule has 1 aromatic rings. The highest BCUT2D eigenvalue weighted by Crippen LogP contribution is 2.28. The maximum absolute atomic E-state index is 12.7. The van der Waals surface area contributed by atoms with Gasteiger partial charge in [-0.2, -0.15) is 4.31 Å². The summed E-state index contributed by atoms with van der Waals surface area (Å²) in [5.41, 5.74) is 1.27. The molecule has 7 heteroatoms. The molecule has 1 aliphatic heterocycles. The van der Waals surface area contributed by atoms with Gasteiger partial charge in [-0.25, -0.2) is 8.42 Å². The minimum absolute atomic E-state index is 0.176. The summed E-state index contributed by atoms with van der Waals surface area (Å²) in [7, 11) is -1.52. The molecule has 2 rings (SSSR count). The Morgan fingerprint density at radius 1 is 1.25 bits per heavy atom. The Kier molecular flexibility index (Phi) is 4.86. The van der Waals surface area contributed by atoms with Crippen molar-refractivity contribution in [2.75, 3.05) is 33.2 Å². The van der Waals surface area contributed by atoms with Crippen molar-refractivity contribution in [1.29, 1.82) is 0 Å². The van der Waals surface area contributed by atoms with Gasteiger partial charge in [0.1, 0.15) is 0 Å². The third-order valence-electron chi connectivity index (χ3n) is 3.62. The fourth-order valence-corrected chi connectivity index (χ4v) is 4.59. The highest BCUT2D eigenvalue weighted by Gasteiger charge is 2.29. The second-order valence-electron chi connectivity index (χ2n) is 5.07. The molecular weight excluding hydrogens is 344 g/mol. The van der Waals surface area contributed by atoms with Crippen LogP contribution in [0, 0.1) is 6.92 Å². The number of benzene rings is 1. The molecule has 0 saturated carbocycles. The lowest BCUT2D eigenvalue weighted by Crippen LogP contribution is -2.47. The molecule has 1 aliphatic rings. The highest BCUT2D eigenvalue weighted by molar-refractivity contribution is 9.10. The maximum Gasteiger partial charge on any atom is 0.243 e. The number of likely N-dealkylation sites (N-methyl/N-ethyl adjacent to an activating group) is 1. The van der Waals surface area contributed by atoms with Gasteiger partial charge in [0.25, 0.3) is 0 Å². The Hall–Kier alpha value is -0.470. The Morgan fingerprint density at radius 2 is 1.85 bits per heavy atom. The molecular formula is C13H19BrN2O3S. The molecule has 1 heterocycles. The molecule has 1 saturated heterocycles. The Bertz CT molecular complexity index is 596. The van der Waals surface area contributed by atoms with E-state index in [9.17, 15) is 13.5 Å². The quantitative estimate of drug-likeness (QED) is 0.877. The number of aliphatic hydroxyl groups excluding tert-OH is 1. The van der Waals surface area contributed by atoms with Gasteiger partial charge in [-0.05, 0) is 37.2 Å². The van der Waals surface area contributed by atoms with Gasteiger partial charge in [0.15, 0.2) is 0 Å². The molecule has 1 aromatic carbocycles. The van der Waals surface area contributed by atoms with Crippen molar-refractivity contribution in [3.63, 3.8) is 0 Å². The van der Waals surface area contributed by atoms with Crippen molar-refractivity contribution in [1.82, 2.24) is 9.21 Å². The molecule has 1 fully saturated rings. The van der Waals surface area contributed by atoms with E-state index in [-0.39, 0.29) is 11.5 Å². The van der Waals surface area contributed by atoms with Crippen molar-refractivity contribution >= 4 is 26.0 Å². The van der Waals surface area contributed by atoms with E-state index >= 15 is 0 Å². The zero-order chi connectivity index (χ0) is 14.9. The summed E-state index contributed by atoms with van der Waals surface area (Å²) in [6, 6.07) is 3.31. The van der Waals surface area contributed by atoms with Crippen LogP contribution in [0.4, 0.5) is 0 Å². The monoisotopic (exact) mass is 362 g/mol. The van der Waals surface area contributed by atoms with Gasteiger partial charge in [-0.1, -0.05) is 15.9 Å². The van der Waals surface area contributed by atoms with E-state index in [1.807, 2.05) is 7.05 Å². The summed E-state index contributed by atoms with van der Waals surface area (Å²) in [5, 5.41) is 9.25. The molecule has 0 unspecified atom stereocenters. The largest absolute Gasteiger partial charge is 0.392 e. The first-order chi connectivity index (χ1) is 9.36. The SMILES string of the molecule is Cc1c(Br)cc(CO)cc1S(=O)(=O)N1CCN(C)CC1. The number of aliphatic hydroxyl groups is 1. The van der Waals surface area contributed by atoms with Crippen molar-refractivity contribution in [3.05, 3.63) is 27.7 Å². The Morgan fingerprint density at radius 3 is 2.40 bits per heavy atom. The summed E-state index contributed by atoms with van der Waals surface area (Å²) >= 11 is 3.36. The van der Waals surface area contributed by atoms with E-state index in [4.69, 9.17) is 0 Å². The minimum atomic E-state index is -3.51. The highest BCUT2D eigenvalue weighted by atomic mass is 79.9. The molecule has 0 atom stereocenters. The maximum atomic E-state index is 12.7. The molecule has 1 N–H and O–H groups in total. The Balaban J connectivity index is 2.41. The first-order valence-electron chi connectivity index (χ1n) is 6.45. The summed E-state index contributed by atoms with van der Waals surface area (Å²) in [6.45, 7) is 4.06. The average Bonchev–Trinajstić information content (AvgIpc) is 2.42. The normalized spacial score (nSPS) is 18.4. The third kappa shape index (κ3) is 3.07. The van der Waals surface area contributed by atoms with Crippen LogP contribution in [0.3, 0.4) is 0 Å². The lowest BCUT2D eigenvalue weighted by Gasteiger charge is -2.32. The number of hydrogen-bond donors (Lipinski definition) is 1. The predicted octanol–water partition coefficient (Wildman–Crippen LogP) is 1.19. The van der Waals surface area contributed by atoms with E-state index in [0.717, 1.165) is 13.1 Å². The zero-order valence-corrected chi connectivity index (χ0v) is 14.0. The standard InChI is InChI=1S/C13H19BrN2O3S/c1-10-12(14)7-11(9-17)8-13(10)20(18,19)16-5-3-15(2)4-6-16/h7-8,17H,3-6,9H2,1-2H3. The molecule has 0 amide bonds. The molecule has 0 aliphatic carbocycles. The fraction of sp³-hybridized carbons (Fsp3) is 0.538. The van der Waals surface area contributed by atoms with Gasteiger partial charge >= 0.3 is 0 Å². The van der Waals surface area contributed by atoms with Crippen molar-refractivity contribution < 1.29 is 13.5 Å². The summed E-state index contributed by atoms with van der Waals surface area (Å²) in [4.78, 5) is 2.39. The zero-order valence-electron chi connectivity index (χ0n) is 11.6. The van der Waals surface area contributed by atoms with Crippen LogP contribution in [0.5, 0.6) is 0 Å². The summed E-state index contributed by atoms with van der Waals surface area (Å²) in [6.07, 6.45) is 0. The molecule has 0 aromatic heterocycles. The number of piperazine rings is 1. The Labute approximate surface area is 128 Å². The van der Waals surface area contributed by atoms with Gasteiger partial charge in [-0.15, -0.1) is 0 Å². The van der Waals surface area contributed by atoms with Crippen LogP contribution in [-0.2, 0) is 16.6 Å². The topological polar surface area (TPSA) is 60.9 Å². The van der Waals surface area contributed by atoms with Crippen LogP contribution < -0.4 is 0 Å². The van der Waals surface area contributed by atoms with Gasteiger partial charge < -0.3 is 10.0 Å². The third-order valence-corrected chi connectivity index (χ3v) is 6.47. The van der Waals surface area contributed by atoms with Crippen LogP contribution in [0.1, 0.15) is 11.1 Å². The second kappa shape index (κ2) is 6.11. The number of hydrogen-bond acceptors (Lipinski definition) is 4. The molecule has 0 radical (unpaired) electrons. The fourth-order valence-electron chi connectivity index (χ4n) is 2.23. The minimum Gasteiger partial charge on any atom is -0.392 e. The van der Waals surface area contributed by atoms with Gasteiger partial charge in [0, 0.05) is 30.7 Å². The van der Waals surface area contributed by atoms with Crippen LogP contribution in [0.15, 0.2) is 21.5 Å². The summed E-state index contributed by atoms with van der Waals surface area (Å²) < 4.78 is 27.7. The predicted molar refractivity (Wildman–Crippen MR) is 81.1 cm³/mol. The first-order valence-corrected chi connectivity index (χ1v) is 8.68. The van der Waals surface area contributed by atoms with Crippen LogP contribution in [0.2, 0.25) is 0 Å². The number of rotatable bonds is 3. The number of halogens is 1. The smallest absolute Gasteiger partial charge is 0.243 e. The van der Waals surface area contributed by atoms with Crippen LogP contribution in [0.25, 0.3) is 0 Å². The lowest BCUT2D eigenvalue weighted by molar-refractivity contribution is 0.222. The van der Waals surface area contributed by atoms with E-state index in [1.54, 1.807) is 19.1 Å². The first kappa shape index (κ1) is 15.9. The number of sulfonamides is 1. The molecule has 5 nitrogen and oxygen atoms in total. The summed E-state index contributed by atoms with van der Waals surface area (Å²) in [5.74, 6) is 0. The molecule has 112 valence electrons. The van der Waals surface area contributed by atoms with Crippen molar-refractivity contribution in [2.24, 2.45) is 0 Å². The van der Waals surface area contributed by atoms with Gasteiger partial charge in [-0.3, -0.25) is 0 Å². The second-order valence-corrected chi connectivity index (χ2v) is 7.83. The van der Waals surface area contributed by atoms with Gasteiger partial charge in [0.2, 0.25) is 10.0 Å². The van der Waals surface area contributed by atoms with E-state index in [0.29, 0.717) is 28.7 Å². The average molecular weight is 363 g/mol. The van der Waals surface area contributed by atoms with Crippen molar-refractivity contribution in [3.8, 4) is 0 Å². The molecule has 0 spiro atoms. The van der Waals surface area contributed by atoms with Crippen LogP contribution in [-0.4, -0.2) is 56.0 Å². The van der Waals surface area contributed by atoms with E-state index in [2.05, 4.69) is 20.8 Å². The van der Waals surface area contributed by atoms with Crippen molar-refractivity contribution in [2.45, 2.75) is 18.4 Å². The van der Waals surface area contributed by atoms with Crippen LogP contribution >= 0.6 is 15.9 Å². The van der Waals surface area contributed by atoms with E-state index in [1.165, 1.54) is 4.31 Å². The van der Waals surface area contributed by atoms with E-state index < -0.39 is 10.0 Å². The number of nitrogens with zero attached hydrogens (tertiary/aromatic N) is 2. The van der Waals surface area contributed by atoms with Gasteiger partial charge in [0.05, 0.1) is 11.5 Å². The lowest BCUT2D eigenvalue weighted by atomic mass is 10.2.